The number of halogens is 1. The Labute approximate surface area is 142 Å². The van der Waals surface area contributed by atoms with Gasteiger partial charge in [0.25, 0.3) is 5.56 Å². The standard InChI is InChI=1S/C19H16FN3O2/c1-3-23-15-9-11(12-5-4-6-16(25-2)17(12)20)7-8-13(15)18-14(19(23)24)10-21-22-18/h4-10H,3H2,1-2H3,(H,21,22). The Morgan fingerprint density at radius 2 is 2.08 bits per heavy atom. The van der Waals surface area contributed by atoms with Crippen LogP contribution in [-0.4, -0.2) is 21.9 Å². The molecule has 0 amide bonds. The summed E-state index contributed by atoms with van der Waals surface area (Å²) in [5, 5.41) is 8.30. The predicted molar refractivity (Wildman–Crippen MR) is 95.5 cm³/mol. The maximum atomic E-state index is 14.6. The maximum Gasteiger partial charge on any atom is 0.262 e. The number of aromatic nitrogens is 3. The summed E-state index contributed by atoms with van der Waals surface area (Å²) in [6, 6.07) is 10.6. The lowest BCUT2D eigenvalue weighted by Crippen LogP contribution is -2.19. The number of nitrogens with one attached hydrogen (secondary N) is 1. The number of benzene rings is 2. The summed E-state index contributed by atoms with van der Waals surface area (Å²) in [7, 11) is 1.44. The van der Waals surface area contributed by atoms with Crippen molar-refractivity contribution < 1.29 is 9.13 Å². The topological polar surface area (TPSA) is 59.9 Å². The third kappa shape index (κ3) is 2.21. The lowest BCUT2D eigenvalue weighted by atomic mass is 10.0. The third-order valence-corrected chi connectivity index (χ3v) is 4.48. The van der Waals surface area contributed by atoms with Gasteiger partial charge in [-0.25, -0.2) is 4.39 Å². The van der Waals surface area contributed by atoms with E-state index in [0.29, 0.717) is 28.6 Å². The minimum Gasteiger partial charge on any atom is -0.494 e. The number of pyridine rings is 1. The Balaban J connectivity index is 2.06. The van der Waals surface area contributed by atoms with Crippen molar-refractivity contribution in [1.29, 1.82) is 0 Å². The minimum atomic E-state index is -0.419. The summed E-state index contributed by atoms with van der Waals surface area (Å²) in [5.41, 5.74) is 2.44. The molecule has 25 heavy (non-hydrogen) atoms. The smallest absolute Gasteiger partial charge is 0.262 e. The van der Waals surface area contributed by atoms with E-state index in [1.54, 1.807) is 29.0 Å². The summed E-state index contributed by atoms with van der Waals surface area (Å²) in [5.74, 6) is -0.230. The second-order valence-corrected chi connectivity index (χ2v) is 5.76. The quantitative estimate of drug-likeness (QED) is 0.620. The van der Waals surface area contributed by atoms with Crippen molar-refractivity contribution in [1.82, 2.24) is 14.8 Å². The normalized spacial score (nSPS) is 11.3. The van der Waals surface area contributed by atoms with E-state index < -0.39 is 5.82 Å². The van der Waals surface area contributed by atoms with Crippen LogP contribution in [0.2, 0.25) is 0 Å². The second kappa shape index (κ2) is 5.73. The SMILES string of the molecule is CCn1c(=O)c2cn[nH]c2c2ccc(-c3cccc(OC)c3F)cc21. The molecule has 0 bridgehead atoms. The summed E-state index contributed by atoms with van der Waals surface area (Å²) in [4.78, 5) is 12.7. The summed E-state index contributed by atoms with van der Waals surface area (Å²) >= 11 is 0. The zero-order valence-electron chi connectivity index (χ0n) is 13.8. The Bertz CT molecular complexity index is 1160. The molecule has 0 aliphatic carbocycles. The van der Waals surface area contributed by atoms with E-state index in [-0.39, 0.29) is 11.3 Å². The molecule has 4 aromatic rings. The molecule has 2 heterocycles. The number of methoxy groups -OCH3 is 1. The molecule has 0 atom stereocenters. The fourth-order valence-electron chi connectivity index (χ4n) is 3.25. The molecule has 0 spiro atoms. The Hall–Kier alpha value is -3.15. The highest BCUT2D eigenvalue weighted by Gasteiger charge is 2.15. The number of hydrogen-bond donors (Lipinski definition) is 1. The van der Waals surface area contributed by atoms with Crippen molar-refractivity contribution in [2.75, 3.05) is 7.11 Å². The molecule has 126 valence electrons. The minimum absolute atomic E-state index is 0.109. The van der Waals surface area contributed by atoms with Crippen LogP contribution in [0.4, 0.5) is 4.39 Å². The maximum absolute atomic E-state index is 14.6. The van der Waals surface area contributed by atoms with Crippen LogP contribution in [0.5, 0.6) is 5.75 Å². The van der Waals surface area contributed by atoms with Gasteiger partial charge in [0.15, 0.2) is 11.6 Å². The zero-order chi connectivity index (χ0) is 17.6. The molecule has 1 N–H and O–H groups in total. The highest BCUT2D eigenvalue weighted by molar-refractivity contribution is 6.04. The largest absolute Gasteiger partial charge is 0.494 e. The fourth-order valence-corrected chi connectivity index (χ4v) is 3.25. The van der Waals surface area contributed by atoms with Gasteiger partial charge in [-0.3, -0.25) is 9.89 Å². The van der Waals surface area contributed by atoms with Crippen molar-refractivity contribution in [2.24, 2.45) is 0 Å². The van der Waals surface area contributed by atoms with Crippen molar-refractivity contribution in [3.63, 3.8) is 0 Å². The van der Waals surface area contributed by atoms with Crippen LogP contribution < -0.4 is 10.3 Å². The third-order valence-electron chi connectivity index (χ3n) is 4.48. The van der Waals surface area contributed by atoms with Crippen molar-refractivity contribution >= 4 is 21.8 Å². The van der Waals surface area contributed by atoms with Crippen molar-refractivity contribution in [2.45, 2.75) is 13.5 Å². The summed E-state index contributed by atoms with van der Waals surface area (Å²) in [6.07, 6.45) is 1.54. The number of rotatable bonds is 3. The summed E-state index contributed by atoms with van der Waals surface area (Å²) < 4.78 is 21.4. The van der Waals surface area contributed by atoms with E-state index in [4.69, 9.17) is 4.74 Å². The number of aromatic amines is 1. The van der Waals surface area contributed by atoms with Crippen LogP contribution in [-0.2, 0) is 6.54 Å². The number of hydrogen-bond acceptors (Lipinski definition) is 3. The van der Waals surface area contributed by atoms with Crippen LogP contribution in [0.1, 0.15) is 6.92 Å². The van der Waals surface area contributed by atoms with E-state index in [0.717, 1.165) is 10.9 Å². The van der Waals surface area contributed by atoms with E-state index in [1.165, 1.54) is 7.11 Å². The molecule has 0 fully saturated rings. The first-order chi connectivity index (χ1) is 12.2. The Morgan fingerprint density at radius 3 is 2.84 bits per heavy atom. The highest BCUT2D eigenvalue weighted by Crippen LogP contribution is 2.32. The van der Waals surface area contributed by atoms with Crippen molar-refractivity contribution in [3.05, 3.63) is 58.8 Å². The molecular formula is C19H16FN3O2. The van der Waals surface area contributed by atoms with Gasteiger partial charge in [0.05, 0.1) is 29.7 Å². The molecule has 6 heteroatoms. The van der Waals surface area contributed by atoms with E-state index in [9.17, 15) is 9.18 Å². The lowest BCUT2D eigenvalue weighted by Gasteiger charge is -2.12. The average Bonchev–Trinajstić information content (AvgIpc) is 3.12. The number of H-pyrrole nitrogens is 1. The van der Waals surface area contributed by atoms with Crippen LogP contribution in [0, 0.1) is 5.82 Å². The van der Waals surface area contributed by atoms with Crippen LogP contribution >= 0.6 is 0 Å². The first-order valence-corrected chi connectivity index (χ1v) is 7.98. The van der Waals surface area contributed by atoms with Gasteiger partial charge in [-0.1, -0.05) is 24.3 Å². The van der Waals surface area contributed by atoms with Crippen LogP contribution in [0.25, 0.3) is 32.9 Å². The second-order valence-electron chi connectivity index (χ2n) is 5.76. The van der Waals surface area contributed by atoms with Gasteiger partial charge in [-0.15, -0.1) is 0 Å². The molecule has 0 saturated heterocycles. The molecular weight excluding hydrogens is 321 g/mol. The number of nitrogens with zero attached hydrogens (tertiary/aromatic N) is 2. The predicted octanol–water partition coefficient (Wildman–Crippen LogP) is 3.71. The monoisotopic (exact) mass is 337 g/mol. The molecule has 2 aromatic carbocycles. The van der Waals surface area contributed by atoms with Gasteiger partial charge >= 0.3 is 0 Å². The van der Waals surface area contributed by atoms with E-state index >= 15 is 0 Å². The first-order valence-electron chi connectivity index (χ1n) is 7.98. The molecule has 0 radical (unpaired) electrons. The molecule has 0 aliphatic heterocycles. The Kier molecular flexibility index (Phi) is 3.53. The van der Waals surface area contributed by atoms with Gasteiger partial charge in [0.2, 0.25) is 0 Å². The molecule has 4 rings (SSSR count). The lowest BCUT2D eigenvalue weighted by molar-refractivity contribution is 0.387. The van der Waals surface area contributed by atoms with Gasteiger partial charge in [-0.05, 0) is 24.6 Å². The molecule has 0 unspecified atom stereocenters. The van der Waals surface area contributed by atoms with Gasteiger partial charge in [0, 0.05) is 17.5 Å². The molecule has 0 saturated carbocycles. The summed E-state index contributed by atoms with van der Waals surface area (Å²) in [6.45, 7) is 2.42. The Morgan fingerprint density at radius 1 is 1.24 bits per heavy atom. The molecule has 2 aromatic heterocycles. The molecule has 0 aliphatic rings. The van der Waals surface area contributed by atoms with E-state index in [2.05, 4.69) is 10.2 Å². The van der Waals surface area contributed by atoms with Crippen molar-refractivity contribution in [3.8, 4) is 16.9 Å². The number of aryl methyl sites for hydroxylation is 1. The van der Waals surface area contributed by atoms with Gasteiger partial charge < -0.3 is 9.30 Å². The average molecular weight is 337 g/mol. The molecule has 5 nitrogen and oxygen atoms in total. The van der Waals surface area contributed by atoms with Gasteiger partial charge in [-0.2, -0.15) is 5.10 Å². The zero-order valence-corrected chi connectivity index (χ0v) is 13.8. The van der Waals surface area contributed by atoms with Crippen LogP contribution in [0.3, 0.4) is 0 Å². The number of ether oxygens (including phenoxy) is 1. The highest BCUT2D eigenvalue weighted by atomic mass is 19.1. The van der Waals surface area contributed by atoms with Crippen LogP contribution in [0.15, 0.2) is 47.4 Å². The number of fused-ring (bicyclic) bond motifs is 3. The van der Waals surface area contributed by atoms with E-state index in [1.807, 2.05) is 25.1 Å². The fraction of sp³-hybridized carbons (Fsp3) is 0.158. The first kappa shape index (κ1) is 15.4. The van der Waals surface area contributed by atoms with Gasteiger partial charge in [0.1, 0.15) is 0 Å².